The normalized spacial score (nSPS) is 13.7. The van der Waals surface area contributed by atoms with Crippen LogP contribution in [0.25, 0.3) is 10.9 Å². The maximum atomic E-state index is 13.3. The highest BCUT2D eigenvalue weighted by atomic mass is 35.5. The zero-order valence-electron chi connectivity index (χ0n) is 16.5. The predicted molar refractivity (Wildman–Crippen MR) is 119 cm³/mol. The second-order valence-corrected chi connectivity index (χ2v) is 7.92. The van der Waals surface area contributed by atoms with Crippen molar-refractivity contribution in [1.29, 1.82) is 0 Å². The van der Waals surface area contributed by atoms with Crippen molar-refractivity contribution in [2.45, 2.75) is 13.1 Å². The van der Waals surface area contributed by atoms with Gasteiger partial charge in [-0.25, -0.2) is 0 Å². The molecule has 4 aromatic rings. The van der Waals surface area contributed by atoms with Crippen LogP contribution in [0, 0.1) is 6.92 Å². The Balaban J connectivity index is 1.74. The van der Waals surface area contributed by atoms with E-state index < -0.39 is 11.7 Å². The van der Waals surface area contributed by atoms with Crippen molar-refractivity contribution < 1.29 is 13.2 Å². The van der Waals surface area contributed by atoms with Crippen LogP contribution in [-0.2, 0) is 6.18 Å². The van der Waals surface area contributed by atoms with Crippen molar-refractivity contribution in [2.75, 3.05) is 16.5 Å². The van der Waals surface area contributed by atoms with Crippen LogP contribution in [0.15, 0.2) is 72.9 Å². The van der Waals surface area contributed by atoms with E-state index in [0.29, 0.717) is 17.4 Å². The maximum absolute atomic E-state index is 13.3. The molecular formula is C24H17ClF3N3. The van der Waals surface area contributed by atoms with E-state index in [2.05, 4.69) is 4.98 Å². The fourth-order valence-electron chi connectivity index (χ4n) is 3.99. The Labute approximate surface area is 182 Å². The Kier molecular flexibility index (Phi) is 4.55. The van der Waals surface area contributed by atoms with Crippen LogP contribution in [0.5, 0.6) is 0 Å². The Morgan fingerprint density at radius 1 is 0.903 bits per heavy atom. The van der Waals surface area contributed by atoms with Crippen LogP contribution in [0.1, 0.15) is 11.1 Å². The van der Waals surface area contributed by atoms with Crippen LogP contribution < -0.4 is 9.80 Å². The van der Waals surface area contributed by atoms with Crippen LogP contribution in [0.3, 0.4) is 0 Å². The Hall–Kier alpha value is -3.25. The van der Waals surface area contributed by atoms with E-state index in [4.69, 9.17) is 11.6 Å². The van der Waals surface area contributed by atoms with Gasteiger partial charge in [0.15, 0.2) is 0 Å². The van der Waals surface area contributed by atoms with Gasteiger partial charge in [0, 0.05) is 11.1 Å². The van der Waals surface area contributed by atoms with E-state index in [1.54, 1.807) is 18.3 Å². The molecule has 0 fully saturated rings. The number of halogens is 4. The van der Waals surface area contributed by atoms with E-state index in [0.717, 1.165) is 39.6 Å². The molecule has 0 N–H and O–H groups in total. The van der Waals surface area contributed by atoms with Gasteiger partial charge in [-0.1, -0.05) is 41.4 Å². The van der Waals surface area contributed by atoms with Crippen molar-refractivity contribution in [2.24, 2.45) is 0 Å². The highest BCUT2D eigenvalue weighted by Gasteiger charge is 2.34. The van der Waals surface area contributed by atoms with E-state index in [1.165, 1.54) is 12.1 Å². The number of fused-ring (bicyclic) bond motifs is 3. The molecule has 0 saturated carbocycles. The largest absolute Gasteiger partial charge is 0.416 e. The number of aryl methyl sites for hydroxylation is 1. The lowest BCUT2D eigenvalue weighted by Crippen LogP contribution is -2.24. The number of nitrogens with zero attached hydrogens (tertiary/aromatic N) is 3. The summed E-state index contributed by atoms with van der Waals surface area (Å²) in [5.41, 5.74) is 4.03. The van der Waals surface area contributed by atoms with Crippen LogP contribution in [0.2, 0.25) is 5.02 Å². The molecule has 0 bridgehead atoms. The molecule has 5 rings (SSSR count). The molecule has 0 aliphatic carbocycles. The van der Waals surface area contributed by atoms with E-state index in [-0.39, 0.29) is 0 Å². The van der Waals surface area contributed by atoms with Crippen LogP contribution >= 0.6 is 11.6 Å². The molecule has 156 valence electrons. The number of aromatic nitrogens is 1. The molecule has 3 nitrogen and oxygen atoms in total. The van der Waals surface area contributed by atoms with E-state index >= 15 is 0 Å². The quantitative estimate of drug-likeness (QED) is 0.323. The first-order valence-electron chi connectivity index (χ1n) is 9.69. The molecule has 0 spiro atoms. The minimum absolute atomic E-state index is 0.315. The van der Waals surface area contributed by atoms with E-state index in [9.17, 15) is 13.2 Å². The fraction of sp³-hybridized carbons (Fsp3) is 0.125. The first kappa shape index (κ1) is 19.7. The summed E-state index contributed by atoms with van der Waals surface area (Å²) in [5, 5.41) is 1.49. The third kappa shape index (κ3) is 3.37. The minimum Gasteiger partial charge on any atom is -0.320 e. The molecule has 0 saturated heterocycles. The van der Waals surface area contributed by atoms with Gasteiger partial charge in [-0.2, -0.15) is 13.2 Å². The van der Waals surface area contributed by atoms with Gasteiger partial charge < -0.3 is 9.80 Å². The predicted octanol–water partition coefficient (Wildman–Crippen LogP) is 7.46. The van der Waals surface area contributed by atoms with Crippen molar-refractivity contribution >= 4 is 45.3 Å². The second-order valence-electron chi connectivity index (χ2n) is 7.51. The van der Waals surface area contributed by atoms with Gasteiger partial charge in [-0.05, 0) is 49.4 Å². The van der Waals surface area contributed by atoms with Crippen LogP contribution in [0.4, 0.5) is 35.9 Å². The van der Waals surface area contributed by atoms with Gasteiger partial charge >= 0.3 is 6.18 Å². The molecule has 0 atom stereocenters. The monoisotopic (exact) mass is 439 g/mol. The standard InChI is InChI=1S/C24H17ClF3N3/c1-15-9-10-20-18(11-15)23-22(13-29-20)30(14-31(23)21-8-3-2-7-19(21)25)17-6-4-5-16(12-17)24(26,27)28/h2-13H,14H2,1H3. The summed E-state index contributed by atoms with van der Waals surface area (Å²) in [6, 6.07) is 18.8. The smallest absolute Gasteiger partial charge is 0.320 e. The molecule has 0 unspecified atom stereocenters. The van der Waals surface area contributed by atoms with Gasteiger partial charge in [-0.3, -0.25) is 4.98 Å². The highest BCUT2D eigenvalue weighted by molar-refractivity contribution is 6.33. The highest BCUT2D eigenvalue weighted by Crippen LogP contribution is 2.49. The second kappa shape index (κ2) is 7.17. The first-order valence-corrected chi connectivity index (χ1v) is 10.1. The lowest BCUT2D eigenvalue weighted by Gasteiger charge is -2.23. The van der Waals surface area contributed by atoms with Crippen molar-refractivity contribution in [3.05, 3.63) is 89.1 Å². The lowest BCUT2D eigenvalue weighted by molar-refractivity contribution is -0.137. The summed E-state index contributed by atoms with van der Waals surface area (Å²) in [5.74, 6) is 0. The molecule has 2 heterocycles. The summed E-state index contributed by atoms with van der Waals surface area (Å²) in [7, 11) is 0. The number of alkyl halides is 3. The Morgan fingerprint density at radius 2 is 1.71 bits per heavy atom. The molecule has 3 aromatic carbocycles. The molecule has 0 amide bonds. The van der Waals surface area contributed by atoms with Crippen molar-refractivity contribution in [3.63, 3.8) is 0 Å². The lowest BCUT2D eigenvalue weighted by atomic mass is 10.1. The number of para-hydroxylation sites is 1. The average molecular weight is 440 g/mol. The van der Waals surface area contributed by atoms with Gasteiger partial charge in [-0.15, -0.1) is 0 Å². The molecular weight excluding hydrogens is 423 g/mol. The summed E-state index contributed by atoms with van der Waals surface area (Å²) < 4.78 is 40.0. The Bertz CT molecular complexity index is 1300. The maximum Gasteiger partial charge on any atom is 0.416 e. The topological polar surface area (TPSA) is 19.4 Å². The third-order valence-electron chi connectivity index (χ3n) is 5.45. The third-order valence-corrected chi connectivity index (χ3v) is 5.77. The SMILES string of the molecule is Cc1ccc2ncc3c(c2c1)N(c1ccccc1Cl)CN3c1cccc(C(F)(F)F)c1. The molecule has 1 aliphatic heterocycles. The Morgan fingerprint density at radius 3 is 2.48 bits per heavy atom. The number of hydrogen-bond acceptors (Lipinski definition) is 3. The number of benzene rings is 3. The van der Waals surface area contributed by atoms with Crippen molar-refractivity contribution in [3.8, 4) is 0 Å². The summed E-state index contributed by atoms with van der Waals surface area (Å²) in [6.07, 6.45) is -2.70. The number of hydrogen-bond donors (Lipinski definition) is 0. The van der Waals surface area contributed by atoms with Gasteiger partial charge in [0.05, 0.1) is 39.4 Å². The van der Waals surface area contributed by atoms with Gasteiger partial charge in [0.1, 0.15) is 6.67 Å². The number of anilines is 4. The van der Waals surface area contributed by atoms with Gasteiger partial charge in [0.25, 0.3) is 0 Å². The fourth-order valence-corrected chi connectivity index (χ4v) is 4.23. The zero-order valence-corrected chi connectivity index (χ0v) is 17.2. The molecule has 0 radical (unpaired) electrons. The van der Waals surface area contributed by atoms with E-state index in [1.807, 2.05) is 53.1 Å². The zero-order chi connectivity index (χ0) is 21.8. The molecule has 1 aromatic heterocycles. The minimum atomic E-state index is -4.42. The first-order chi connectivity index (χ1) is 14.8. The average Bonchev–Trinajstić information content (AvgIpc) is 3.13. The molecule has 31 heavy (non-hydrogen) atoms. The van der Waals surface area contributed by atoms with Crippen molar-refractivity contribution in [1.82, 2.24) is 4.98 Å². The number of pyridine rings is 1. The summed E-state index contributed by atoms with van der Waals surface area (Å²) in [6.45, 7) is 2.31. The van der Waals surface area contributed by atoms with Crippen LogP contribution in [-0.4, -0.2) is 11.7 Å². The summed E-state index contributed by atoms with van der Waals surface area (Å²) >= 11 is 6.51. The summed E-state index contributed by atoms with van der Waals surface area (Å²) in [4.78, 5) is 8.43. The number of rotatable bonds is 2. The van der Waals surface area contributed by atoms with Gasteiger partial charge in [0.2, 0.25) is 0 Å². The molecule has 7 heteroatoms. The molecule has 1 aliphatic rings.